The molecule has 7 heteroatoms. The first-order valence-corrected chi connectivity index (χ1v) is 8.13. The van der Waals surface area contributed by atoms with Crippen molar-refractivity contribution in [3.63, 3.8) is 0 Å². The number of fused-ring (bicyclic) bond motifs is 1. The second-order valence-corrected chi connectivity index (χ2v) is 6.67. The Balaban J connectivity index is 2.06. The van der Waals surface area contributed by atoms with Gasteiger partial charge in [0.25, 0.3) is 10.0 Å². The topological polar surface area (TPSA) is 76.4 Å². The summed E-state index contributed by atoms with van der Waals surface area (Å²) in [6.07, 6.45) is 0. The number of nitrogens with one attached hydrogen (secondary N) is 1. The normalized spacial score (nSPS) is 11.5. The van der Waals surface area contributed by atoms with E-state index in [2.05, 4.69) is 4.72 Å². The van der Waals surface area contributed by atoms with Crippen molar-refractivity contribution in [2.45, 2.75) is 4.90 Å². The lowest BCUT2D eigenvalue weighted by atomic mass is 10.2. The minimum Gasteiger partial charge on any atom is -0.421 e. The van der Waals surface area contributed by atoms with Crippen molar-refractivity contribution in [2.75, 3.05) is 4.72 Å². The molecule has 0 aliphatic rings. The van der Waals surface area contributed by atoms with Crippen LogP contribution in [-0.2, 0) is 10.0 Å². The van der Waals surface area contributed by atoms with Gasteiger partial charge in [0.15, 0.2) is 0 Å². The fourth-order valence-corrected chi connectivity index (χ4v) is 3.32. The van der Waals surface area contributed by atoms with E-state index in [-0.39, 0.29) is 15.6 Å². The molecule has 0 amide bonds. The van der Waals surface area contributed by atoms with Crippen LogP contribution in [0, 0.1) is 0 Å². The van der Waals surface area contributed by atoms with Crippen molar-refractivity contribution >= 4 is 38.3 Å². The van der Waals surface area contributed by atoms with Gasteiger partial charge in [-0.05, 0) is 30.3 Å². The van der Waals surface area contributed by atoms with E-state index < -0.39 is 15.6 Å². The molecule has 1 N–H and O–H groups in total. The first-order valence-electron chi connectivity index (χ1n) is 6.27. The molecule has 0 atom stereocenters. The smallest absolute Gasteiger partial charge is 0.360 e. The molecular weight excluding hydrogens is 326 g/mol. The molecule has 22 heavy (non-hydrogen) atoms. The van der Waals surface area contributed by atoms with E-state index in [1.54, 1.807) is 30.3 Å². The van der Waals surface area contributed by atoms with Gasteiger partial charge in [-0.25, -0.2) is 13.2 Å². The number of benzene rings is 2. The Morgan fingerprint density at radius 3 is 2.55 bits per heavy atom. The van der Waals surface area contributed by atoms with Crippen LogP contribution < -0.4 is 10.3 Å². The predicted octanol–water partition coefficient (Wildman–Crippen LogP) is 3.25. The Labute approximate surface area is 131 Å². The molecule has 2 aromatic carbocycles. The van der Waals surface area contributed by atoms with Gasteiger partial charge in [0.1, 0.15) is 11.3 Å². The Morgan fingerprint density at radius 2 is 1.77 bits per heavy atom. The SMILES string of the molecule is O=c1oc2ccccc2cc1NS(=O)(=O)c1cccc(Cl)c1. The fraction of sp³-hybridized carbons (Fsp3) is 0. The van der Waals surface area contributed by atoms with Crippen LogP contribution in [0.25, 0.3) is 11.0 Å². The third kappa shape index (κ3) is 2.84. The Hall–Kier alpha value is -2.31. The lowest BCUT2D eigenvalue weighted by Gasteiger charge is -2.08. The van der Waals surface area contributed by atoms with E-state index in [0.29, 0.717) is 11.0 Å². The summed E-state index contributed by atoms with van der Waals surface area (Å²) in [4.78, 5) is 11.9. The summed E-state index contributed by atoms with van der Waals surface area (Å²) in [5, 5.41) is 0.902. The van der Waals surface area contributed by atoms with Gasteiger partial charge in [-0.3, -0.25) is 4.72 Å². The minimum atomic E-state index is -3.92. The zero-order chi connectivity index (χ0) is 15.7. The zero-order valence-corrected chi connectivity index (χ0v) is 12.7. The molecule has 112 valence electrons. The van der Waals surface area contributed by atoms with Crippen LogP contribution in [0.15, 0.2) is 68.7 Å². The highest BCUT2D eigenvalue weighted by Crippen LogP contribution is 2.20. The Bertz CT molecular complexity index is 1010. The molecule has 3 rings (SSSR count). The van der Waals surface area contributed by atoms with E-state index in [1.165, 1.54) is 24.3 Å². The number of rotatable bonds is 3. The average Bonchev–Trinajstić information content (AvgIpc) is 2.48. The number of para-hydroxylation sites is 1. The van der Waals surface area contributed by atoms with Gasteiger partial charge in [-0.2, -0.15) is 0 Å². The lowest BCUT2D eigenvalue weighted by Crippen LogP contribution is -2.18. The number of anilines is 1. The van der Waals surface area contributed by atoms with Gasteiger partial charge < -0.3 is 4.42 Å². The van der Waals surface area contributed by atoms with Crippen LogP contribution in [0.4, 0.5) is 5.69 Å². The van der Waals surface area contributed by atoms with Crippen LogP contribution in [0.1, 0.15) is 0 Å². The number of sulfonamides is 1. The van der Waals surface area contributed by atoms with Crippen LogP contribution in [-0.4, -0.2) is 8.42 Å². The molecule has 0 unspecified atom stereocenters. The van der Waals surface area contributed by atoms with Gasteiger partial charge in [0, 0.05) is 10.4 Å². The van der Waals surface area contributed by atoms with Crippen LogP contribution in [0.2, 0.25) is 5.02 Å². The van der Waals surface area contributed by atoms with Crippen LogP contribution in [0.5, 0.6) is 0 Å². The highest BCUT2D eigenvalue weighted by Gasteiger charge is 2.17. The molecule has 0 aliphatic carbocycles. The van der Waals surface area contributed by atoms with E-state index in [4.69, 9.17) is 16.0 Å². The summed E-state index contributed by atoms with van der Waals surface area (Å²) >= 11 is 5.79. The van der Waals surface area contributed by atoms with E-state index in [9.17, 15) is 13.2 Å². The molecule has 1 aromatic heterocycles. The molecule has 0 saturated heterocycles. The maximum absolute atomic E-state index is 12.3. The summed E-state index contributed by atoms with van der Waals surface area (Å²) in [5.41, 5.74) is -0.527. The molecule has 0 saturated carbocycles. The van der Waals surface area contributed by atoms with Crippen molar-refractivity contribution in [3.8, 4) is 0 Å². The van der Waals surface area contributed by atoms with E-state index in [0.717, 1.165) is 0 Å². The Kier molecular flexibility index (Phi) is 3.64. The summed E-state index contributed by atoms with van der Waals surface area (Å²) in [7, 11) is -3.92. The third-order valence-electron chi connectivity index (χ3n) is 2.99. The number of hydrogen-bond acceptors (Lipinski definition) is 4. The molecule has 1 heterocycles. The van der Waals surface area contributed by atoms with Gasteiger partial charge in [-0.1, -0.05) is 35.9 Å². The first kappa shape index (κ1) is 14.6. The number of hydrogen-bond donors (Lipinski definition) is 1. The summed E-state index contributed by atoms with van der Waals surface area (Å²) in [6, 6.07) is 14.0. The van der Waals surface area contributed by atoms with Crippen molar-refractivity contribution in [1.82, 2.24) is 0 Å². The van der Waals surface area contributed by atoms with Gasteiger partial charge in [0.2, 0.25) is 0 Å². The zero-order valence-electron chi connectivity index (χ0n) is 11.1. The minimum absolute atomic E-state index is 0.0347. The molecule has 0 radical (unpaired) electrons. The van der Waals surface area contributed by atoms with Crippen molar-refractivity contribution in [3.05, 3.63) is 70.0 Å². The predicted molar refractivity (Wildman–Crippen MR) is 84.7 cm³/mol. The molecule has 3 aromatic rings. The van der Waals surface area contributed by atoms with Gasteiger partial charge in [-0.15, -0.1) is 0 Å². The summed E-state index contributed by atoms with van der Waals surface area (Å²) in [5.74, 6) is 0. The summed E-state index contributed by atoms with van der Waals surface area (Å²) < 4.78 is 31.9. The maximum Gasteiger partial charge on any atom is 0.360 e. The van der Waals surface area contributed by atoms with Crippen molar-refractivity contribution in [1.29, 1.82) is 0 Å². The lowest BCUT2D eigenvalue weighted by molar-refractivity contribution is 0.563. The second-order valence-electron chi connectivity index (χ2n) is 4.55. The molecule has 0 aliphatic heterocycles. The molecule has 5 nitrogen and oxygen atoms in total. The first-order chi connectivity index (χ1) is 10.5. The monoisotopic (exact) mass is 335 g/mol. The van der Waals surface area contributed by atoms with Crippen molar-refractivity contribution in [2.24, 2.45) is 0 Å². The third-order valence-corrected chi connectivity index (χ3v) is 4.59. The van der Waals surface area contributed by atoms with Gasteiger partial charge >= 0.3 is 5.63 Å². The quantitative estimate of drug-likeness (QED) is 0.745. The van der Waals surface area contributed by atoms with Crippen molar-refractivity contribution < 1.29 is 12.8 Å². The highest BCUT2D eigenvalue weighted by atomic mass is 35.5. The van der Waals surface area contributed by atoms with Crippen LogP contribution >= 0.6 is 11.6 Å². The standard InChI is InChI=1S/C15H10ClNO4S/c16-11-5-3-6-12(9-11)22(19,20)17-13-8-10-4-1-2-7-14(10)21-15(13)18/h1-9,17H. The molecule has 0 bridgehead atoms. The molecule has 0 fully saturated rings. The molecule has 0 spiro atoms. The highest BCUT2D eigenvalue weighted by molar-refractivity contribution is 7.92. The second kappa shape index (κ2) is 5.47. The average molecular weight is 336 g/mol. The van der Waals surface area contributed by atoms with Crippen LogP contribution in [0.3, 0.4) is 0 Å². The van der Waals surface area contributed by atoms with Gasteiger partial charge in [0.05, 0.1) is 4.90 Å². The molecular formula is C15H10ClNO4S. The van der Waals surface area contributed by atoms with E-state index in [1.807, 2.05) is 0 Å². The summed E-state index contributed by atoms with van der Waals surface area (Å²) in [6.45, 7) is 0. The maximum atomic E-state index is 12.3. The number of halogens is 1. The Morgan fingerprint density at radius 1 is 1.00 bits per heavy atom. The fourth-order valence-electron chi connectivity index (χ4n) is 1.97. The largest absolute Gasteiger partial charge is 0.421 e. The van der Waals surface area contributed by atoms with E-state index >= 15 is 0 Å².